The number of nitrogens with one attached hydrogen (secondary N) is 3. The standard InChI is InChI=1S/C18H18ClF3N4O5/c1-8-6-26(17(30)25-15(8)28)14-5-12(13(7-27)31-14)24-16(29)23-9-2-3-11(19)10(4-9)18(20,21)22/h2-4,6,12-14,27H,5,7H2,1H3,(H2,23,24,29)(H,25,28,30)/t12-,13+,14+/m0/s1. The molecule has 2 amide bonds. The van der Waals surface area contributed by atoms with Gasteiger partial charge in [0.25, 0.3) is 5.56 Å². The Morgan fingerprint density at radius 3 is 2.74 bits per heavy atom. The number of nitrogens with zero attached hydrogens (tertiary/aromatic N) is 1. The Bertz CT molecular complexity index is 1100. The molecule has 0 aliphatic carbocycles. The molecule has 13 heteroatoms. The van der Waals surface area contributed by atoms with Crippen molar-refractivity contribution in [1.82, 2.24) is 14.9 Å². The molecule has 3 rings (SSSR count). The molecule has 0 spiro atoms. The number of rotatable bonds is 4. The number of aromatic amines is 1. The highest BCUT2D eigenvalue weighted by molar-refractivity contribution is 6.31. The lowest BCUT2D eigenvalue weighted by Gasteiger charge is -2.18. The predicted molar refractivity (Wildman–Crippen MR) is 104 cm³/mol. The van der Waals surface area contributed by atoms with Crippen LogP contribution in [0.2, 0.25) is 5.02 Å². The number of alkyl halides is 3. The minimum atomic E-state index is -4.69. The van der Waals surface area contributed by atoms with Crippen molar-refractivity contribution in [2.75, 3.05) is 11.9 Å². The van der Waals surface area contributed by atoms with Crippen LogP contribution in [0.15, 0.2) is 34.0 Å². The maximum Gasteiger partial charge on any atom is 0.417 e. The van der Waals surface area contributed by atoms with E-state index in [4.69, 9.17) is 16.3 Å². The van der Waals surface area contributed by atoms with Crippen LogP contribution in [0.1, 0.15) is 23.8 Å². The van der Waals surface area contributed by atoms with Crippen LogP contribution in [0.5, 0.6) is 0 Å². The largest absolute Gasteiger partial charge is 0.417 e. The lowest BCUT2D eigenvalue weighted by atomic mass is 10.1. The monoisotopic (exact) mass is 462 g/mol. The van der Waals surface area contributed by atoms with E-state index in [1.165, 1.54) is 19.2 Å². The maximum absolute atomic E-state index is 13.0. The number of aliphatic hydroxyl groups excluding tert-OH is 1. The summed E-state index contributed by atoms with van der Waals surface area (Å²) in [6.45, 7) is 1.01. The van der Waals surface area contributed by atoms with Gasteiger partial charge in [-0.05, 0) is 25.1 Å². The second-order valence-corrected chi connectivity index (χ2v) is 7.33. The summed E-state index contributed by atoms with van der Waals surface area (Å²) >= 11 is 5.56. The zero-order valence-corrected chi connectivity index (χ0v) is 16.8. The van der Waals surface area contributed by atoms with Crippen molar-refractivity contribution < 1.29 is 27.8 Å². The molecule has 31 heavy (non-hydrogen) atoms. The number of aryl methyl sites for hydroxylation is 1. The molecule has 0 unspecified atom stereocenters. The Labute approximate surface area is 177 Å². The number of H-pyrrole nitrogens is 1. The highest BCUT2D eigenvalue weighted by Crippen LogP contribution is 2.36. The highest BCUT2D eigenvalue weighted by Gasteiger charge is 2.38. The van der Waals surface area contributed by atoms with Gasteiger partial charge in [-0.25, -0.2) is 9.59 Å². The van der Waals surface area contributed by atoms with Crippen LogP contribution in [-0.4, -0.2) is 39.4 Å². The first-order chi connectivity index (χ1) is 14.5. The lowest BCUT2D eigenvalue weighted by Crippen LogP contribution is -2.44. The van der Waals surface area contributed by atoms with Crippen molar-refractivity contribution in [3.63, 3.8) is 0 Å². The van der Waals surface area contributed by atoms with Gasteiger partial charge in [-0.3, -0.25) is 14.3 Å². The molecule has 9 nitrogen and oxygen atoms in total. The second-order valence-electron chi connectivity index (χ2n) is 6.92. The first kappa shape index (κ1) is 22.8. The summed E-state index contributed by atoms with van der Waals surface area (Å²) in [5.41, 5.74) is -2.24. The van der Waals surface area contributed by atoms with E-state index >= 15 is 0 Å². The Balaban J connectivity index is 1.72. The minimum Gasteiger partial charge on any atom is -0.394 e. The number of ether oxygens (including phenoxy) is 1. The summed E-state index contributed by atoms with van der Waals surface area (Å²) in [5.74, 6) is 0. The van der Waals surface area contributed by atoms with Gasteiger partial charge < -0.3 is 20.5 Å². The number of urea groups is 1. The van der Waals surface area contributed by atoms with Gasteiger partial charge >= 0.3 is 17.9 Å². The number of halogens is 4. The fraction of sp³-hybridized carbons (Fsp3) is 0.389. The fourth-order valence-corrected chi connectivity index (χ4v) is 3.40. The molecule has 1 fully saturated rings. The summed E-state index contributed by atoms with van der Waals surface area (Å²) in [7, 11) is 0. The summed E-state index contributed by atoms with van der Waals surface area (Å²) in [6, 6.07) is 1.31. The molecular weight excluding hydrogens is 445 g/mol. The SMILES string of the molecule is Cc1cn([C@H]2C[C@H](NC(=O)Nc3ccc(Cl)c(C(F)(F)F)c3)[C@@H](CO)O2)c(=O)[nH]c1=O. The van der Waals surface area contributed by atoms with Gasteiger partial charge in [0.2, 0.25) is 0 Å². The maximum atomic E-state index is 13.0. The molecule has 2 heterocycles. The van der Waals surface area contributed by atoms with E-state index in [-0.39, 0.29) is 17.7 Å². The number of aliphatic hydroxyl groups is 1. The van der Waals surface area contributed by atoms with Crippen LogP contribution in [0.4, 0.5) is 23.7 Å². The third-order valence-corrected chi connectivity index (χ3v) is 5.05. The Hall–Kier alpha value is -2.83. The zero-order valence-electron chi connectivity index (χ0n) is 16.0. The summed E-state index contributed by atoms with van der Waals surface area (Å²) in [5, 5.41) is 13.8. The average Bonchev–Trinajstić information content (AvgIpc) is 3.07. The second kappa shape index (κ2) is 8.73. The molecule has 4 N–H and O–H groups in total. The summed E-state index contributed by atoms with van der Waals surface area (Å²) < 4.78 is 45.7. The van der Waals surface area contributed by atoms with Crippen LogP contribution >= 0.6 is 11.6 Å². The van der Waals surface area contributed by atoms with Crippen molar-refractivity contribution in [2.24, 2.45) is 0 Å². The van der Waals surface area contributed by atoms with Gasteiger partial charge in [-0.15, -0.1) is 0 Å². The molecule has 168 valence electrons. The van der Waals surface area contributed by atoms with E-state index in [1.807, 2.05) is 0 Å². The molecule has 1 aliphatic heterocycles. The molecule has 0 bridgehead atoms. The number of carbonyl (C=O) groups excluding carboxylic acids is 1. The van der Waals surface area contributed by atoms with E-state index < -0.39 is 59.0 Å². The van der Waals surface area contributed by atoms with Gasteiger partial charge in [-0.1, -0.05) is 11.6 Å². The first-order valence-corrected chi connectivity index (χ1v) is 9.40. The van der Waals surface area contributed by atoms with E-state index in [0.29, 0.717) is 6.07 Å². The highest BCUT2D eigenvalue weighted by atomic mass is 35.5. The topological polar surface area (TPSA) is 125 Å². The average molecular weight is 463 g/mol. The molecule has 1 aliphatic rings. The number of benzene rings is 1. The first-order valence-electron chi connectivity index (χ1n) is 9.02. The van der Waals surface area contributed by atoms with Gasteiger partial charge in [-0.2, -0.15) is 13.2 Å². The van der Waals surface area contributed by atoms with Crippen molar-refractivity contribution in [1.29, 1.82) is 0 Å². The number of hydrogen-bond acceptors (Lipinski definition) is 5. The van der Waals surface area contributed by atoms with E-state index in [1.54, 1.807) is 0 Å². The van der Waals surface area contributed by atoms with Gasteiger partial charge in [0.05, 0.1) is 23.2 Å². The number of anilines is 1. The fourth-order valence-electron chi connectivity index (χ4n) is 3.18. The van der Waals surface area contributed by atoms with E-state index in [0.717, 1.165) is 10.6 Å². The normalized spacial score (nSPS) is 21.2. The zero-order chi connectivity index (χ0) is 22.9. The van der Waals surface area contributed by atoms with Crippen molar-refractivity contribution >= 4 is 23.3 Å². The number of aromatic nitrogens is 2. The lowest BCUT2D eigenvalue weighted by molar-refractivity contribution is -0.137. The molecule has 2 aromatic rings. The van der Waals surface area contributed by atoms with E-state index in [9.17, 15) is 32.7 Å². The van der Waals surface area contributed by atoms with Crippen LogP contribution in [0.25, 0.3) is 0 Å². The van der Waals surface area contributed by atoms with Crippen molar-refractivity contribution in [3.05, 3.63) is 61.4 Å². The smallest absolute Gasteiger partial charge is 0.394 e. The van der Waals surface area contributed by atoms with E-state index in [2.05, 4.69) is 15.6 Å². The quantitative estimate of drug-likeness (QED) is 0.553. The van der Waals surface area contributed by atoms with Gasteiger partial charge in [0.1, 0.15) is 12.3 Å². The van der Waals surface area contributed by atoms with Gasteiger partial charge in [0, 0.05) is 23.9 Å². The molecule has 3 atom stereocenters. The number of carbonyl (C=O) groups is 1. The molecule has 0 saturated carbocycles. The molecular formula is C18H18ClF3N4O5. The molecule has 1 saturated heterocycles. The van der Waals surface area contributed by atoms with Crippen LogP contribution < -0.4 is 21.9 Å². The summed E-state index contributed by atoms with van der Waals surface area (Å²) in [4.78, 5) is 38.0. The van der Waals surface area contributed by atoms with Crippen LogP contribution in [0, 0.1) is 6.92 Å². The van der Waals surface area contributed by atoms with Gasteiger partial charge in [0.15, 0.2) is 0 Å². The Morgan fingerprint density at radius 1 is 1.39 bits per heavy atom. The van der Waals surface area contributed by atoms with Crippen LogP contribution in [-0.2, 0) is 10.9 Å². The van der Waals surface area contributed by atoms with Crippen molar-refractivity contribution in [2.45, 2.75) is 37.9 Å². The third kappa shape index (κ3) is 5.09. The Morgan fingerprint density at radius 2 is 2.10 bits per heavy atom. The summed E-state index contributed by atoms with van der Waals surface area (Å²) in [6.07, 6.45) is -5.08. The molecule has 1 aromatic heterocycles. The predicted octanol–water partition coefficient (Wildman–Crippen LogP) is 1.99. The Kier molecular flexibility index (Phi) is 6.43. The van der Waals surface area contributed by atoms with Crippen molar-refractivity contribution in [3.8, 4) is 0 Å². The number of hydrogen-bond donors (Lipinski definition) is 4. The molecule has 0 radical (unpaired) electrons. The third-order valence-electron chi connectivity index (χ3n) is 4.72. The van der Waals surface area contributed by atoms with Crippen LogP contribution in [0.3, 0.4) is 0 Å². The number of amides is 2. The minimum absolute atomic E-state index is 0.0679. The molecule has 1 aromatic carbocycles.